The molecule has 0 saturated carbocycles. The lowest BCUT2D eigenvalue weighted by Gasteiger charge is -2.30. The van der Waals surface area contributed by atoms with E-state index in [0.717, 1.165) is 48.4 Å². The molecule has 0 aliphatic carbocycles. The SMILES string of the molecule is COc1cccc(C(=COCCN2CCC[C@@H](C(=O)O)C2)c2ccccc2C)c1. The number of likely N-dealkylation sites (tertiary alicyclic amines) is 1. The minimum absolute atomic E-state index is 0.265. The molecular formula is C24H29NO4. The fourth-order valence-corrected chi connectivity index (χ4v) is 3.74. The summed E-state index contributed by atoms with van der Waals surface area (Å²) in [6.07, 6.45) is 3.50. The van der Waals surface area contributed by atoms with E-state index in [0.29, 0.717) is 13.2 Å². The quantitative estimate of drug-likeness (QED) is 0.536. The number of methoxy groups -OCH3 is 1. The molecular weight excluding hydrogens is 366 g/mol. The summed E-state index contributed by atoms with van der Waals surface area (Å²) in [6, 6.07) is 16.2. The molecule has 1 heterocycles. The third-order valence-corrected chi connectivity index (χ3v) is 5.40. The molecule has 0 amide bonds. The molecule has 5 nitrogen and oxygen atoms in total. The smallest absolute Gasteiger partial charge is 0.307 e. The zero-order chi connectivity index (χ0) is 20.6. The maximum absolute atomic E-state index is 11.2. The predicted molar refractivity (Wildman–Crippen MR) is 114 cm³/mol. The first kappa shape index (κ1) is 20.9. The van der Waals surface area contributed by atoms with Gasteiger partial charge < -0.3 is 14.6 Å². The van der Waals surface area contributed by atoms with E-state index in [-0.39, 0.29) is 5.92 Å². The fourth-order valence-electron chi connectivity index (χ4n) is 3.74. The largest absolute Gasteiger partial charge is 0.499 e. The van der Waals surface area contributed by atoms with Crippen LogP contribution in [0.4, 0.5) is 0 Å². The number of hydrogen-bond acceptors (Lipinski definition) is 4. The number of aliphatic carboxylic acids is 1. The van der Waals surface area contributed by atoms with E-state index in [1.807, 2.05) is 42.7 Å². The summed E-state index contributed by atoms with van der Waals surface area (Å²) >= 11 is 0. The Morgan fingerprint density at radius 2 is 2.07 bits per heavy atom. The highest BCUT2D eigenvalue weighted by Gasteiger charge is 2.24. The van der Waals surface area contributed by atoms with Crippen LogP contribution in [0.15, 0.2) is 54.8 Å². The van der Waals surface area contributed by atoms with Crippen molar-refractivity contribution in [3.8, 4) is 5.75 Å². The molecule has 2 aromatic carbocycles. The first-order chi connectivity index (χ1) is 14.1. The van der Waals surface area contributed by atoms with E-state index in [2.05, 4.69) is 24.0 Å². The van der Waals surface area contributed by atoms with E-state index in [4.69, 9.17) is 9.47 Å². The van der Waals surface area contributed by atoms with Gasteiger partial charge in [-0.2, -0.15) is 0 Å². The molecule has 29 heavy (non-hydrogen) atoms. The van der Waals surface area contributed by atoms with Crippen LogP contribution in [0.25, 0.3) is 5.57 Å². The lowest BCUT2D eigenvalue weighted by atomic mass is 9.95. The minimum Gasteiger partial charge on any atom is -0.499 e. The molecule has 1 N–H and O–H groups in total. The molecule has 0 aromatic heterocycles. The van der Waals surface area contributed by atoms with Crippen LogP contribution in [0.3, 0.4) is 0 Å². The van der Waals surface area contributed by atoms with Crippen molar-refractivity contribution in [3.05, 3.63) is 71.5 Å². The number of carbonyl (C=O) groups is 1. The molecule has 1 saturated heterocycles. The van der Waals surface area contributed by atoms with Crippen LogP contribution < -0.4 is 4.74 Å². The van der Waals surface area contributed by atoms with E-state index < -0.39 is 5.97 Å². The monoisotopic (exact) mass is 395 g/mol. The highest BCUT2D eigenvalue weighted by Crippen LogP contribution is 2.28. The molecule has 0 unspecified atom stereocenters. The highest BCUT2D eigenvalue weighted by molar-refractivity contribution is 5.81. The normalized spacial score (nSPS) is 17.7. The Balaban J connectivity index is 1.72. The van der Waals surface area contributed by atoms with Gasteiger partial charge in [-0.05, 0) is 55.1 Å². The number of piperidine rings is 1. The molecule has 3 rings (SSSR count). The fraction of sp³-hybridized carbons (Fsp3) is 0.375. The van der Waals surface area contributed by atoms with Crippen LogP contribution in [0.1, 0.15) is 29.5 Å². The maximum atomic E-state index is 11.2. The zero-order valence-electron chi connectivity index (χ0n) is 17.1. The second-order valence-electron chi connectivity index (χ2n) is 7.43. The first-order valence-electron chi connectivity index (χ1n) is 10.1. The van der Waals surface area contributed by atoms with Crippen LogP contribution in [-0.4, -0.2) is 49.3 Å². The lowest BCUT2D eigenvalue weighted by molar-refractivity contribution is -0.143. The average Bonchev–Trinajstić information content (AvgIpc) is 2.75. The van der Waals surface area contributed by atoms with E-state index >= 15 is 0 Å². The van der Waals surface area contributed by atoms with Crippen LogP contribution >= 0.6 is 0 Å². The van der Waals surface area contributed by atoms with Gasteiger partial charge in [0.25, 0.3) is 0 Å². The number of rotatable bonds is 8. The van der Waals surface area contributed by atoms with Crippen LogP contribution in [0.5, 0.6) is 5.75 Å². The number of carboxylic acids is 1. The van der Waals surface area contributed by atoms with Gasteiger partial charge in [-0.15, -0.1) is 0 Å². The van der Waals surface area contributed by atoms with Gasteiger partial charge in [-0.25, -0.2) is 0 Å². The van der Waals surface area contributed by atoms with Gasteiger partial charge in [-0.1, -0.05) is 36.4 Å². The van der Waals surface area contributed by atoms with Crippen LogP contribution in [-0.2, 0) is 9.53 Å². The van der Waals surface area contributed by atoms with E-state index in [9.17, 15) is 9.90 Å². The zero-order valence-corrected chi connectivity index (χ0v) is 17.1. The summed E-state index contributed by atoms with van der Waals surface area (Å²) in [7, 11) is 1.66. The third kappa shape index (κ3) is 5.61. The summed E-state index contributed by atoms with van der Waals surface area (Å²) in [6.45, 7) is 4.86. The Hall–Kier alpha value is -2.79. The van der Waals surface area contributed by atoms with Gasteiger partial charge in [0.2, 0.25) is 0 Å². The Morgan fingerprint density at radius 3 is 2.83 bits per heavy atom. The summed E-state index contributed by atoms with van der Waals surface area (Å²) in [5, 5.41) is 9.24. The molecule has 0 spiro atoms. The van der Waals surface area contributed by atoms with Crippen molar-refractivity contribution in [2.75, 3.05) is 33.4 Å². The molecule has 1 atom stereocenters. The number of hydrogen-bond donors (Lipinski definition) is 1. The second kappa shape index (κ2) is 10.1. The van der Waals surface area contributed by atoms with Crippen molar-refractivity contribution in [1.82, 2.24) is 4.90 Å². The predicted octanol–water partition coefficient (Wildman–Crippen LogP) is 4.21. The number of aryl methyl sites for hydroxylation is 1. The highest BCUT2D eigenvalue weighted by atomic mass is 16.5. The van der Waals surface area contributed by atoms with Crippen molar-refractivity contribution in [3.63, 3.8) is 0 Å². The minimum atomic E-state index is -0.699. The van der Waals surface area contributed by atoms with E-state index in [1.165, 1.54) is 5.56 Å². The van der Waals surface area contributed by atoms with Gasteiger partial charge in [-0.3, -0.25) is 9.69 Å². The average molecular weight is 395 g/mol. The summed E-state index contributed by atoms with van der Waals surface area (Å²) in [4.78, 5) is 13.4. The maximum Gasteiger partial charge on any atom is 0.307 e. The van der Waals surface area contributed by atoms with Crippen molar-refractivity contribution < 1.29 is 19.4 Å². The Kier molecular flexibility index (Phi) is 7.30. The van der Waals surface area contributed by atoms with Gasteiger partial charge in [0.05, 0.1) is 19.3 Å². The van der Waals surface area contributed by atoms with Crippen molar-refractivity contribution >= 4 is 11.5 Å². The van der Waals surface area contributed by atoms with Crippen LogP contribution in [0, 0.1) is 12.8 Å². The Bertz CT molecular complexity index is 861. The van der Waals surface area contributed by atoms with Gasteiger partial charge in [0, 0.05) is 18.7 Å². The van der Waals surface area contributed by atoms with Crippen molar-refractivity contribution in [1.29, 1.82) is 0 Å². The number of ether oxygens (including phenoxy) is 2. The molecule has 1 fully saturated rings. The first-order valence-corrected chi connectivity index (χ1v) is 10.1. The number of benzene rings is 2. The third-order valence-electron chi connectivity index (χ3n) is 5.40. The molecule has 5 heteroatoms. The Labute approximate surface area is 172 Å². The lowest BCUT2D eigenvalue weighted by Crippen LogP contribution is -2.40. The van der Waals surface area contributed by atoms with Crippen molar-refractivity contribution in [2.45, 2.75) is 19.8 Å². The topological polar surface area (TPSA) is 59.0 Å². The molecule has 2 aromatic rings. The Morgan fingerprint density at radius 1 is 1.24 bits per heavy atom. The molecule has 0 bridgehead atoms. The van der Waals surface area contributed by atoms with Gasteiger partial charge >= 0.3 is 5.97 Å². The number of carboxylic acid groups (broad SMARTS) is 1. The van der Waals surface area contributed by atoms with Gasteiger partial charge in [0.15, 0.2) is 0 Å². The van der Waals surface area contributed by atoms with E-state index in [1.54, 1.807) is 7.11 Å². The van der Waals surface area contributed by atoms with Crippen LogP contribution in [0.2, 0.25) is 0 Å². The molecule has 1 aliphatic rings. The van der Waals surface area contributed by atoms with Gasteiger partial charge in [0.1, 0.15) is 12.4 Å². The standard InChI is InChI=1S/C24H29NO4/c1-18-7-3-4-11-22(18)23(19-8-5-10-21(15-19)28-2)17-29-14-13-25-12-6-9-20(16-25)24(26)27/h3-5,7-8,10-11,15,17,20H,6,9,12-14,16H2,1-2H3,(H,26,27)/t20-/m1/s1. The molecule has 0 radical (unpaired) electrons. The molecule has 1 aliphatic heterocycles. The summed E-state index contributed by atoms with van der Waals surface area (Å²) in [5.74, 6) is -0.163. The second-order valence-corrected chi connectivity index (χ2v) is 7.43. The number of nitrogens with zero attached hydrogens (tertiary/aromatic N) is 1. The van der Waals surface area contributed by atoms with Crippen molar-refractivity contribution in [2.24, 2.45) is 5.92 Å². The molecule has 154 valence electrons. The summed E-state index contributed by atoms with van der Waals surface area (Å²) < 4.78 is 11.3. The summed E-state index contributed by atoms with van der Waals surface area (Å²) in [5.41, 5.74) is 4.32.